The molecule has 33 heavy (non-hydrogen) atoms. The summed E-state index contributed by atoms with van der Waals surface area (Å²) in [6.07, 6.45) is -1.81. The fourth-order valence-corrected chi connectivity index (χ4v) is 5.06. The van der Waals surface area contributed by atoms with Crippen LogP contribution < -0.4 is 4.57 Å². The van der Waals surface area contributed by atoms with E-state index in [4.69, 9.17) is 14.0 Å². The molecule has 6 rings (SSSR count). The van der Waals surface area contributed by atoms with Gasteiger partial charge in [0.2, 0.25) is 5.69 Å². The van der Waals surface area contributed by atoms with Crippen LogP contribution in [0.25, 0.3) is 44.3 Å². The number of nitrogens with zero attached hydrogens (tertiary/aromatic N) is 1. The number of para-hydroxylation sites is 1. The monoisotopic (exact) mass is 439 g/mol. The van der Waals surface area contributed by atoms with Gasteiger partial charge in [0.15, 0.2) is 6.20 Å². The Morgan fingerprint density at radius 2 is 1.79 bits per heavy atom. The number of aryl methyl sites for hydroxylation is 3. The Morgan fingerprint density at radius 1 is 0.939 bits per heavy atom. The third kappa shape index (κ3) is 3.12. The molecule has 1 aliphatic rings. The Bertz CT molecular complexity index is 1850. The van der Waals surface area contributed by atoms with Gasteiger partial charge < -0.3 is 4.42 Å². The third-order valence-electron chi connectivity index (χ3n) is 6.50. The predicted molar refractivity (Wildman–Crippen MR) is 136 cm³/mol. The van der Waals surface area contributed by atoms with Crippen molar-refractivity contribution in [2.75, 3.05) is 0 Å². The van der Waals surface area contributed by atoms with Crippen LogP contribution in [-0.2, 0) is 19.8 Å². The van der Waals surface area contributed by atoms with Gasteiger partial charge in [-0.3, -0.25) is 0 Å². The van der Waals surface area contributed by atoms with Gasteiger partial charge in [-0.25, -0.2) is 4.57 Å². The molecular weight excluding hydrogens is 402 g/mol. The van der Waals surface area contributed by atoms with Crippen molar-refractivity contribution in [1.82, 2.24) is 0 Å². The number of benzene rings is 3. The van der Waals surface area contributed by atoms with Gasteiger partial charge in [-0.15, -0.1) is 0 Å². The minimum absolute atomic E-state index is 0.221. The van der Waals surface area contributed by atoms with Crippen molar-refractivity contribution in [2.45, 2.75) is 40.4 Å². The Balaban J connectivity index is 1.69. The van der Waals surface area contributed by atoms with Crippen LogP contribution in [0.3, 0.4) is 0 Å². The number of furan rings is 1. The van der Waals surface area contributed by atoms with Crippen LogP contribution in [-0.4, -0.2) is 0 Å². The fourth-order valence-electron chi connectivity index (χ4n) is 5.06. The lowest BCUT2D eigenvalue weighted by molar-refractivity contribution is -0.660. The quantitative estimate of drug-likeness (QED) is 0.260. The lowest BCUT2D eigenvalue weighted by Gasteiger charge is -2.14. The summed E-state index contributed by atoms with van der Waals surface area (Å²) in [5.41, 5.74) is 4.49. The molecule has 0 amide bonds. The first-order chi connectivity index (χ1) is 18.6. The lowest BCUT2D eigenvalue weighted by Crippen LogP contribution is -2.30. The van der Waals surface area contributed by atoms with E-state index in [0.29, 0.717) is 44.2 Å². The summed E-state index contributed by atoms with van der Waals surface area (Å²) >= 11 is 0. The van der Waals surface area contributed by atoms with E-state index in [1.807, 2.05) is 61.1 Å². The molecule has 0 aliphatic heterocycles. The number of rotatable bonds is 2. The van der Waals surface area contributed by atoms with Gasteiger partial charge in [0.1, 0.15) is 18.2 Å². The molecule has 5 aromatic rings. The maximum atomic E-state index is 8.84. The molecule has 0 unspecified atom stereocenters. The molecule has 3 aromatic carbocycles. The van der Waals surface area contributed by atoms with Gasteiger partial charge in [-0.05, 0) is 65.8 Å². The molecule has 2 heteroatoms. The van der Waals surface area contributed by atoms with E-state index in [1.165, 1.54) is 0 Å². The molecule has 2 heterocycles. The Kier molecular flexibility index (Phi) is 2.99. The fraction of sp³-hybridized carbons (Fsp3) is 0.258. The summed E-state index contributed by atoms with van der Waals surface area (Å²) in [4.78, 5) is 0. The first-order valence-electron chi connectivity index (χ1n) is 14.7. The molecular formula is C31H30NO+. The van der Waals surface area contributed by atoms with E-state index < -0.39 is 25.0 Å². The standard InChI is InChI=1S/C31H30NO/c1-19-15-20(2)28(26-11-6-7-14-32(26)5)30-27(19)25-10-8-9-24(29(25)33-30)21-12-13-22-17-31(3,4)18-23(22)16-21/h6-16H,17-18H2,1-5H3/q+1/i1D3,17D2,18D2. The first-order valence-corrected chi connectivity index (χ1v) is 11.2. The highest BCUT2D eigenvalue weighted by Crippen LogP contribution is 2.43. The lowest BCUT2D eigenvalue weighted by atomic mass is 9.90. The smallest absolute Gasteiger partial charge is 0.216 e. The van der Waals surface area contributed by atoms with Crippen LogP contribution in [0, 0.1) is 19.2 Å². The summed E-state index contributed by atoms with van der Waals surface area (Å²) in [6, 6.07) is 18.3. The highest BCUT2D eigenvalue weighted by Gasteiger charge is 2.29. The second-order valence-electron chi connectivity index (χ2n) is 9.44. The maximum absolute atomic E-state index is 8.84. The molecule has 0 radical (unpaired) electrons. The summed E-state index contributed by atoms with van der Waals surface area (Å²) in [5.74, 6) is 0. The van der Waals surface area contributed by atoms with E-state index in [2.05, 4.69) is 0 Å². The second kappa shape index (κ2) is 7.05. The van der Waals surface area contributed by atoms with E-state index >= 15 is 0 Å². The van der Waals surface area contributed by atoms with Crippen molar-refractivity contribution >= 4 is 21.9 Å². The summed E-state index contributed by atoms with van der Waals surface area (Å²) < 4.78 is 68.6. The molecule has 0 saturated heterocycles. The van der Waals surface area contributed by atoms with Crippen LogP contribution >= 0.6 is 0 Å². The zero-order chi connectivity index (χ0) is 29.0. The number of fused-ring (bicyclic) bond motifs is 4. The summed E-state index contributed by atoms with van der Waals surface area (Å²) in [7, 11) is 1.94. The second-order valence-corrected chi connectivity index (χ2v) is 9.44. The maximum Gasteiger partial charge on any atom is 0.216 e. The molecule has 1 aliphatic carbocycles. The van der Waals surface area contributed by atoms with Gasteiger partial charge in [0, 0.05) is 38.1 Å². The van der Waals surface area contributed by atoms with Gasteiger partial charge >= 0.3 is 0 Å². The van der Waals surface area contributed by atoms with Crippen LogP contribution in [0.2, 0.25) is 0 Å². The van der Waals surface area contributed by atoms with Crippen LogP contribution in [0.1, 0.15) is 45.7 Å². The van der Waals surface area contributed by atoms with E-state index in [-0.39, 0.29) is 5.56 Å². The molecule has 0 bridgehead atoms. The number of hydrogen-bond acceptors (Lipinski definition) is 1. The zero-order valence-corrected chi connectivity index (χ0v) is 19.2. The van der Waals surface area contributed by atoms with E-state index in [1.54, 1.807) is 38.1 Å². The van der Waals surface area contributed by atoms with E-state index in [0.717, 1.165) is 16.8 Å². The molecule has 164 valence electrons. The molecule has 0 fully saturated rings. The van der Waals surface area contributed by atoms with Gasteiger partial charge in [0.25, 0.3) is 0 Å². The molecule has 0 N–H and O–H groups in total. The summed E-state index contributed by atoms with van der Waals surface area (Å²) in [6.45, 7) is 2.77. The van der Waals surface area contributed by atoms with Crippen molar-refractivity contribution in [3.63, 3.8) is 0 Å². The summed E-state index contributed by atoms with van der Waals surface area (Å²) in [5, 5.41) is 1.20. The normalized spacial score (nSPS) is 21.4. The average molecular weight is 440 g/mol. The minimum Gasteiger partial charge on any atom is -0.454 e. The van der Waals surface area contributed by atoms with E-state index in [9.17, 15) is 0 Å². The van der Waals surface area contributed by atoms with Crippen LogP contribution in [0.15, 0.2) is 71.3 Å². The third-order valence-corrected chi connectivity index (χ3v) is 6.50. The Hall–Kier alpha value is -3.39. The van der Waals surface area contributed by atoms with Crippen molar-refractivity contribution in [2.24, 2.45) is 12.5 Å². The Labute approximate surface area is 205 Å². The van der Waals surface area contributed by atoms with Crippen molar-refractivity contribution in [1.29, 1.82) is 0 Å². The number of pyridine rings is 1. The van der Waals surface area contributed by atoms with Crippen molar-refractivity contribution < 1.29 is 18.6 Å². The van der Waals surface area contributed by atoms with Crippen molar-refractivity contribution in [3.8, 4) is 22.4 Å². The number of hydrogen-bond donors (Lipinski definition) is 0. The van der Waals surface area contributed by atoms with Gasteiger partial charge in [0.05, 0.1) is 5.56 Å². The SMILES string of the molecule is [2H]C([2H])([2H])c1cc(C)c(-c2cccc[n+]2C)c2oc3c(-c4ccc5c(c4)C([2H])([2H])C(C)(C)C5([2H])[2H])cccc3c12. The van der Waals surface area contributed by atoms with Gasteiger partial charge in [-0.2, -0.15) is 0 Å². The minimum atomic E-state index is -2.37. The van der Waals surface area contributed by atoms with Crippen molar-refractivity contribution in [3.05, 3.63) is 89.1 Å². The first kappa shape index (κ1) is 14.0. The Morgan fingerprint density at radius 3 is 2.61 bits per heavy atom. The molecule has 2 nitrogen and oxygen atoms in total. The topological polar surface area (TPSA) is 17.0 Å². The zero-order valence-electron chi connectivity index (χ0n) is 26.2. The largest absolute Gasteiger partial charge is 0.454 e. The van der Waals surface area contributed by atoms with Crippen LogP contribution in [0.4, 0.5) is 0 Å². The highest BCUT2D eigenvalue weighted by atomic mass is 16.3. The molecule has 2 aromatic heterocycles. The van der Waals surface area contributed by atoms with Gasteiger partial charge in [-0.1, -0.05) is 56.3 Å². The molecule has 0 saturated carbocycles. The predicted octanol–water partition coefficient (Wildman–Crippen LogP) is 7.49. The molecule has 0 atom stereocenters. The average Bonchev–Trinajstić information content (AvgIpc) is 3.30. The van der Waals surface area contributed by atoms with Crippen LogP contribution in [0.5, 0.6) is 0 Å². The highest BCUT2D eigenvalue weighted by molar-refractivity contribution is 6.14. The molecule has 0 spiro atoms. The number of aromatic nitrogens is 1.